The average molecular weight is 448 g/mol. The molecule has 1 amide bonds. The Morgan fingerprint density at radius 1 is 0.970 bits per heavy atom. The summed E-state index contributed by atoms with van der Waals surface area (Å²) >= 11 is 0. The number of aromatic hydroxyl groups is 1. The number of carbonyl (C=O) groups excluding carboxylic acids is 1. The van der Waals surface area contributed by atoms with Crippen molar-refractivity contribution >= 4 is 6.09 Å². The number of aryl methyl sites for hydroxylation is 2. The van der Waals surface area contributed by atoms with E-state index >= 15 is 0 Å². The Bertz CT molecular complexity index is 1090. The smallest absolute Gasteiger partial charge is 0.407 e. The van der Waals surface area contributed by atoms with Gasteiger partial charge in [0.1, 0.15) is 18.5 Å². The second kappa shape index (κ2) is 9.65. The number of aliphatic hydroxyl groups is 2. The van der Waals surface area contributed by atoms with Crippen molar-refractivity contribution in [3.8, 4) is 16.9 Å². The van der Waals surface area contributed by atoms with Gasteiger partial charge in [-0.3, -0.25) is 0 Å². The summed E-state index contributed by atoms with van der Waals surface area (Å²) in [4.78, 5) is 12.3. The maximum absolute atomic E-state index is 12.3. The van der Waals surface area contributed by atoms with Gasteiger partial charge >= 0.3 is 6.09 Å². The highest BCUT2D eigenvalue weighted by atomic mass is 16.5. The molecule has 172 valence electrons. The number of nitrogens with one attached hydrogen (secondary N) is 1. The maximum atomic E-state index is 12.3. The van der Waals surface area contributed by atoms with Crippen LogP contribution in [-0.4, -0.2) is 40.7 Å². The number of aliphatic hydroxyl groups excluding tert-OH is 2. The van der Waals surface area contributed by atoms with Crippen molar-refractivity contribution in [1.29, 1.82) is 0 Å². The number of ether oxygens (including phenoxy) is 1. The molecule has 1 aliphatic rings. The van der Waals surface area contributed by atoms with Crippen LogP contribution < -0.4 is 5.32 Å². The first-order chi connectivity index (χ1) is 15.9. The van der Waals surface area contributed by atoms with E-state index in [9.17, 15) is 20.1 Å². The van der Waals surface area contributed by atoms with Crippen molar-refractivity contribution in [3.05, 3.63) is 88.5 Å². The number of hydrogen-bond donors (Lipinski definition) is 4. The minimum atomic E-state index is -1.12. The number of fused-ring (bicyclic) bond motifs is 3. The fourth-order valence-corrected chi connectivity index (χ4v) is 4.51. The highest BCUT2D eigenvalue weighted by molar-refractivity contribution is 5.79. The van der Waals surface area contributed by atoms with Gasteiger partial charge in [0, 0.05) is 12.5 Å². The molecule has 0 saturated heterocycles. The van der Waals surface area contributed by atoms with Gasteiger partial charge in [-0.1, -0.05) is 48.5 Å². The third kappa shape index (κ3) is 4.72. The summed E-state index contributed by atoms with van der Waals surface area (Å²) in [5.41, 5.74) is 6.41. The standard InChI is InChI=1S/C27H29NO5/c1-16-13-18(14-17(2)25(16)30)26(31)24(29)11-12-28-27(32)33-15-23-21-9-5-3-7-19(21)20-8-4-6-10-22(20)23/h3-10,13-14,23-24,26,29-31H,11-12,15H2,1-2H3,(H,28,32). The monoisotopic (exact) mass is 447 g/mol. The van der Waals surface area contributed by atoms with Gasteiger partial charge in [-0.25, -0.2) is 4.79 Å². The zero-order valence-electron chi connectivity index (χ0n) is 18.8. The van der Waals surface area contributed by atoms with E-state index in [2.05, 4.69) is 29.6 Å². The number of alkyl carbamates (subject to hydrolysis) is 1. The van der Waals surface area contributed by atoms with E-state index < -0.39 is 18.3 Å². The molecule has 0 aromatic heterocycles. The molecule has 3 aromatic carbocycles. The van der Waals surface area contributed by atoms with E-state index in [1.54, 1.807) is 26.0 Å². The topological polar surface area (TPSA) is 99.0 Å². The van der Waals surface area contributed by atoms with Gasteiger partial charge in [-0.2, -0.15) is 0 Å². The summed E-state index contributed by atoms with van der Waals surface area (Å²) in [5.74, 6) is 0.161. The Balaban J connectivity index is 1.29. The van der Waals surface area contributed by atoms with E-state index in [0.717, 1.165) is 11.1 Å². The van der Waals surface area contributed by atoms with Gasteiger partial charge < -0.3 is 25.4 Å². The Kier molecular flexibility index (Phi) is 6.67. The largest absolute Gasteiger partial charge is 0.507 e. The first-order valence-electron chi connectivity index (χ1n) is 11.1. The van der Waals surface area contributed by atoms with Crippen molar-refractivity contribution in [2.24, 2.45) is 0 Å². The van der Waals surface area contributed by atoms with Crippen LogP contribution in [0.1, 0.15) is 46.3 Å². The van der Waals surface area contributed by atoms with Crippen LogP contribution in [0.25, 0.3) is 11.1 Å². The molecule has 0 aliphatic heterocycles. The Morgan fingerprint density at radius 2 is 1.52 bits per heavy atom. The number of rotatable bonds is 7. The van der Waals surface area contributed by atoms with Crippen molar-refractivity contribution in [2.75, 3.05) is 13.2 Å². The van der Waals surface area contributed by atoms with Crippen LogP contribution in [0, 0.1) is 13.8 Å². The van der Waals surface area contributed by atoms with Gasteiger partial charge in [0.15, 0.2) is 0 Å². The molecular weight excluding hydrogens is 418 g/mol. The van der Waals surface area contributed by atoms with Gasteiger partial charge in [0.25, 0.3) is 0 Å². The fraction of sp³-hybridized carbons (Fsp3) is 0.296. The highest BCUT2D eigenvalue weighted by Crippen LogP contribution is 2.44. The number of phenolic OH excluding ortho intramolecular Hbond substituents is 1. The van der Waals surface area contributed by atoms with Crippen molar-refractivity contribution in [1.82, 2.24) is 5.32 Å². The molecule has 1 aliphatic carbocycles. The number of benzene rings is 3. The molecule has 33 heavy (non-hydrogen) atoms. The average Bonchev–Trinajstić information content (AvgIpc) is 3.14. The molecule has 0 bridgehead atoms. The molecule has 6 heteroatoms. The number of hydrogen-bond acceptors (Lipinski definition) is 5. The minimum Gasteiger partial charge on any atom is -0.507 e. The Labute approximate surface area is 193 Å². The van der Waals surface area contributed by atoms with Crippen molar-refractivity contribution in [3.63, 3.8) is 0 Å². The third-order valence-electron chi connectivity index (χ3n) is 6.27. The van der Waals surface area contributed by atoms with E-state index in [1.165, 1.54) is 11.1 Å². The summed E-state index contributed by atoms with van der Waals surface area (Å²) in [6, 6.07) is 19.6. The van der Waals surface area contributed by atoms with Crippen molar-refractivity contribution in [2.45, 2.75) is 38.4 Å². The summed E-state index contributed by atoms with van der Waals surface area (Å²) in [5, 5.41) is 33.3. The van der Waals surface area contributed by atoms with Gasteiger partial charge in [-0.05, 0) is 71.3 Å². The number of amides is 1. The molecule has 3 aromatic rings. The molecule has 2 unspecified atom stereocenters. The molecule has 4 rings (SSSR count). The lowest BCUT2D eigenvalue weighted by molar-refractivity contribution is 0.0136. The summed E-state index contributed by atoms with van der Waals surface area (Å²) in [6.45, 7) is 3.86. The molecule has 0 heterocycles. The van der Waals surface area contributed by atoms with Gasteiger partial charge in [0.2, 0.25) is 0 Å². The van der Waals surface area contributed by atoms with E-state index in [4.69, 9.17) is 4.74 Å². The second-order valence-corrected chi connectivity index (χ2v) is 8.56. The lowest BCUT2D eigenvalue weighted by atomic mass is 9.97. The lowest BCUT2D eigenvalue weighted by Crippen LogP contribution is -2.30. The van der Waals surface area contributed by atoms with Crippen LogP contribution in [0.2, 0.25) is 0 Å². The highest BCUT2D eigenvalue weighted by Gasteiger charge is 2.29. The molecule has 2 atom stereocenters. The zero-order chi connectivity index (χ0) is 23.5. The van der Waals surface area contributed by atoms with Crippen LogP contribution in [0.5, 0.6) is 5.75 Å². The summed E-state index contributed by atoms with van der Waals surface area (Å²) in [7, 11) is 0. The van der Waals surface area contributed by atoms with Gasteiger partial charge in [-0.15, -0.1) is 0 Å². The molecule has 6 nitrogen and oxygen atoms in total. The first kappa shape index (κ1) is 22.8. The maximum Gasteiger partial charge on any atom is 0.407 e. The van der Waals surface area contributed by atoms with Crippen LogP contribution in [-0.2, 0) is 4.74 Å². The molecule has 0 radical (unpaired) electrons. The van der Waals surface area contributed by atoms with Gasteiger partial charge in [0.05, 0.1) is 6.10 Å². The third-order valence-corrected chi connectivity index (χ3v) is 6.27. The van der Waals surface area contributed by atoms with Crippen LogP contribution >= 0.6 is 0 Å². The molecule has 4 N–H and O–H groups in total. The Hall–Kier alpha value is -3.35. The normalized spacial score (nSPS) is 14.3. The SMILES string of the molecule is Cc1cc(C(O)C(O)CCNC(=O)OCC2c3ccccc3-c3ccccc32)cc(C)c1O. The minimum absolute atomic E-state index is 0.0171. The predicted molar refractivity (Wildman–Crippen MR) is 126 cm³/mol. The quantitative estimate of drug-likeness (QED) is 0.432. The zero-order valence-corrected chi connectivity index (χ0v) is 18.8. The Morgan fingerprint density at radius 3 is 2.09 bits per heavy atom. The van der Waals surface area contributed by atoms with Crippen LogP contribution in [0.3, 0.4) is 0 Å². The van der Waals surface area contributed by atoms with Crippen LogP contribution in [0.15, 0.2) is 60.7 Å². The molecule has 0 saturated carbocycles. The van der Waals surface area contributed by atoms with E-state index in [1.807, 2.05) is 24.3 Å². The van der Waals surface area contributed by atoms with E-state index in [-0.39, 0.29) is 31.2 Å². The predicted octanol–water partition coefficient (Wildman–Crippen LogP) is 4.33. The van der Waals surface area contributed by atoms with Crippen molar-refractivity contribution < 1.29 is 24.9 Å². The molecule has 0 fully saturated rings. The van der Waals surface area contributed by atoms with E-state index in [0.29, 0.717) is 16.7 Å². The summed E-state index contributed by atoms with van der Waals surface area (Å²) < 4.78 is 5.49. The summed E-state index contributed by atoms with van der Waals surface area (Å²) in [6.07, 6.45) is -2.59. The second-order valence-electron chi connectivity index (χ2n) is 8.56. The lowest BCUT2D eigenvalue weighted by Gasteiger charge is -2.20. The first-order valence-corrected chi connectivity index (χ1v) is 11.1. The van der Waals surface area contributed by atoms with Crippen LogP contribution in [0.4, 0.5) is 4.79 Å². The fourth-order valence-electron chi connectivity index (χ4n) is 4.51. The number of phenols is 1. The molecule has 0 spiro atoms. The molecular formula is C27H29NO5. The number of carbonyl (C=O) groups is 1.